The molecule has 18 heavy (non-hydrogen) atoms. The van der Waals surface area contributed by atoms with Gasteiger partial charge in [-0.05, 0) is 42.5 Å². The van der Waals surface area contributed by atoms with Crippen LogP contribution in [0.1, 0.15) is 25.7 Å². The Morgan fingerprint density at radius 3 is 2.72 bits per heavy atom. The van der Waals surface area contributed by atoms with Gasteiger partial charge in [-0.3, -0.25) is 0 Å². The van der Waals surface area contributed by atoms with Gasteiger partial charge in [0.1, 0.15) is 0 Å². The van der Waals surface area contributed by atoms with Crippen molar-refractivity contribution in [2.24, 2.45) is 0 Å². The van der Waals surface area contributed by atoms with E-state index in [2.05, 4.69) is 24.8 Å². The van der Waals surface area contributed by atoms with Crippen LogP contribution >= 0.6 is 24.4 Å². The smallest absolute Gasteiger partial charge is 0.162 e. The van der Waals surface area contributed by atoms with Gasteiger partial charge in [-0.2, -0.15) is 12.6 Å². The van der Waals surface area contributed by atoms with E-state index in [0.29, 0.717) is 0 Å². The topological polar surface area (TPSA) is 18.5 Å². The molecule has 0 saturated heterocycles. The number of hydrogen-bond acceptors (Lipinski definition) is 4. The lowest BCUT2D eigenvalue weighted by molar-refractivity contribution is 0.297. The summed E-state index contributed by atoms with van der Waals surface area (Å²) < 4.78 is 11.3. The highest BCUT2D eigenvalue weighted by Crippen LogP contribution is 2.34. The van der Waals surface area contributed by atoms with Crippen LogP contribution in [-0.2, 0) is 0 Å². The molecule has 0 atom stereocenters. The zero-order valence-corrected chi connectivity index (χ0v) is 12.3. The molecular weight excluding hydrogens is 264 g/mol. The highest BCUT2D eigenvalue weighted by molar-refractivity contribution is 7.99. The Hall–Kier alpha value is -0.480. The molecule has 0 radical (unpaired) electrons. The van der Waals surface area contributed by atoms with Gasteiger partial charge in [0, 0.05) is 11.3 Å². The Labute approximate surface area is 119 Å². The van der Waals surface area contributed by atoms with Gasteiger partial charge in [0.2, 0.25) is 0 Å². The minimum Gasteiger partial charge on any atom is -0.490 e. The molecule has 1 heterocycles. The Morgan fingerprint density at radius 1 is 1.06 bits per heavy atom. The fraction of sp³-hybridized carbons (Fsp3) is 0.571. The van der Waals surface area contributed by atoms with Crippen molar-refractivity contribution in [2.45, 2.75) is 30.6 Å². The highest BCUT2D eigenvalue weighted by atomic mass is 32.2. The molecule has 1 aromatic rings. The molecule has 2 rings (SSSR count). The largest absolute Gasteiger partial charge is 0.490 e. The van der Waals surface area contributed by atoms with Gasteiger partial charge in [-0.15, -0.1) is 11.8 Å². The SMILES string of the molecule is SCCCCCSc1ccc2c(c1)OCCCO2. The molecule has 0 fully saturated rings. The molecule has 4 heteroatoms. The number of thioether (sulfide) groups is 1. The summed E-state index contributed by atoms with van der Waals surface area (Å²) >= 11 is 6.11. The maximum atomic E-state index is 5.69. The van der Waals surface area contributed by atoms with Crippen LogP contribution in [0.5, 0.6) is 11.5 Å². The minimum atomic E-state index is 0.753. The number of fused-ring (bicyclic) bond motifs is 1. The summed E-state index contributed by atoms with van der Waals surface area (Å²) in [6.07, 6.45) is 4.69. The van der Waals surface area contributed by atoms with E-state index in [1.807, 2.05) is 17.8 Å². The van der Waals surface area contributed by atoms with Crippen LogP contribution in [-0.4, -0.2) is 24.7 Å². The standard InChI is InChI=1S/C14H20O2S2/c17-9-2-1-3-10-18-12-5-6-13-14(11-12)16-8-4-7-15-13/h5-6,11,17H,1-4,7-10H2. The second kappa shape index (κ2) is 7.85. The third-order valence-electron chi connectivity index (χ3n) is 2.79. The third-order valence-corrected chi connectivity index (χ3v) is 4.19. The molecule has 0 aromatic heterocycles. The van der Waals surface area contributed by atoms with Crippen LogP contribution in [0.25, 0.3) is 0 Å². The van der Waals surface area contributed by atoms with Crippen LogP contribution < -0.4 is 9.47 Å². The van der Waals surface area contributed by atoms with Crippen molar-refractivity contribution >= 4 is 24.4 Å². The van der Waals surface area contributed by atoms with Gasteiger partial charge in [-0.1, -0.05) is 6.42 Å². The first-order valence-electron chi connectivity index (χ1n) is 6.53. The molecule has 0 unspecified atom stereocenters. The number of hydrogen-bond donors (Lipinski definition) is 1. The van der Waals surface area contributed by atoms with Crippen molar-refractivity contribution < 1.29 is 9.47 Å². The fourth-order valence-electron chi connectivity index (χ4n) is 1.81. The first-order chi connectivity index (χ1) is 8.90. The Balaban J connectivity index is 1.84. The number of thiol groups is 1. The number of benzene rings is 1. The molecule has 100 valence electrons. The quantitative estimate of drug-likeness (QED) is 0.483. The van der Waals surface area contributed by atoms with E-state index in [9.17, 15) is 0 Å². The van der Waals surface area contributed by atoms with Crippen molar-refractivity contribution in [3.63, 3.8) is 0 Å². The molecule has 1 aliphatic rings. The fourth-order valence-corrected chi connectivity index (χ4v) is 2.98. The number of rotatable bonds is 6. The highest BCUT2D eigenvalue weighted by Gasteiger charge is 2.10. The lowest BCUT2D eigenvalue weighted by Gasteiger charge is -2.09. The Kier molecular flexibility index (Phi) is 6.08. The van der Waals surface area contributed by atoms with Crippen LogP contribution in [0.3, 0.4) is 0 Å². The summed E-state index contributed by atoms with van der Waals surface area (Å²) in [4.78, 5) is 1.27. The maximum absolute atomic E-state index is 5.69. The first-order valence-corrected chi connectivity index (χ1v) is 8.15. The summed E-state index contributed by atoms with van der Waals surface area (Å²) in [5, 5.41) is 0. The van der Waals surface area contributed by atoms with E-state index < -0.39 is 0 Å². The molecule has 0 saturated carbocycles. The van der Waals surface area contributed by atoms with Crippen LogP contribution in [0.2, 0.25) is 0 Å². The van der Waals surface area contributed by atoms with Crippen molar-refractivity contribution in [3.05, 3.63) is 18.2 Å². The van der Waals surface area contributed by atoms with Crippen molar-refractivity contribution in [1.29, 1.82) is 0 Å². The van der Waals surface area contributed by atoms with Gasteiger partial charge in [0.15, 0.2) is 11.5 Å². The second-order valence-electron chi connectivity index (χ2n) is 4.29. The van der Waals surface area contributed by atoms with Crippen molar-refractivity contribution in [2.75, 3.05) is 24.7 Å². The normalized spacial score (nSPS) is 14.3. The zero-order chi connectivity index (χ0) is 12.6. The molecule has 0 bridgehead atoms. The van der Waals surface area contributed by atoms with Gasteiger partial charge in [0.05, 0.1) is 13.2 Å². The van der Waals surface area contributed by atoms with Gasteiger partial charge >= 0.3 is 0 Å². The molecule has 1 aliphatic heterocycles. The summed E-state index contributed by atoms with van der Waals surface area (Å²) in [7, 11) is 0. The van der Waals surface area contributed by atoms with Crippen molar-refractivity contribution in [3.8, 4) is 11.5 Å². The van der Waals surface area contributed by atoms with E-state index in [4.69, 9.17) is 9.47 Å². The molecule has 1 aromatic carbocycles. The second-order valence-corrected chi connectivity index (χ2v) is 5.91. The lowest BCUT2D eigenvalue weighted by Crippen LogP contribution is -1.97. The molecule has 0 aliphatic carbocycles. The predicted octanol–water partition coefficient (Wildman–Crippen LogP) is 4.04. The summed E-state index contributed by atoms with van der Waals surface area (Å²) in [6, 6.07) is 6.25. The molecule has 0 spiro atoms. The minimum absolute atomic E-state index is 0.753. The van der Waals surface area contributed by atoms with Gasteiger partial charge in [0.25, 0.3) is 0 Å². The monoisotopic (exact) mass is 284 g/mol. The average Bonchev–Trinajstić information content (AvgIpc) is 2.63. The van der Waals surface area contributed by atoms with Crippen LogP contribution in [0.15, 0.2) is 23.1 Å². The van der Waals surface area contributed by atoms with Gasteiger partial charge in [-0.25, -0.2) is 0 Å². The van der Waals surface area contributed by atoms with Crippen LogP contribution in [0.4, 0.5) is 0 Å². The molecule has 2 nitrogen and oxygen atoms in total. The van der Waals surface area contributed by atoms with Crippen LogP contribution in [0, 0.1) is 0 Å². The average molecular weight is 284 g/mol. The van der Waals surface area contributed by atoms with E-state index >= 15 is 0 Å². The first kappa shape index (κ1) is 13.9. The number of ether oxygens (including phenoxy) is 2. The predicted molar refractivity (Wildman–Crippen MR) is 80.5 cm³/mol. The van der Waals surface area contributed by atoms with E-state index in [1.165, 1.54) is 24.2 Å². The molecular formula is C14H20O2S2. The number of unbranched alkanes of at least 4 members (excludes halogenated alkanes) is 2. The summed E-state index contributed by atoms with van der Waals surface area (Å²) in [5.74, 6) is 3.93. The zero-order valence-electron chi connectivity index (χ0n) is 10.6. The van der Waals surface area contributed by atoms with E-state index in [0.717, 1.165) is 42.6 Å². The van der Waals surface area contributed by atoms with E-state index in [-0.39, 0.29) is 0 Å². The maximum Gasteiger partial charge on any atom is 0.162 e. The Morgan fingerprint density at radius 2 is 1.89 bits per heavy atom. The third kappa shape index (κ3) is 4.32. The Bertz CT molecular complexity index is 369. The van der Waals surface area contributed by atoms with Gasteiger partial charge < -0.3 is 9.47 Å². The van der Waals surface area contributed by atoms with E-state index in [1.54, 1.807) is 0 Å². The lowest BCUT2D eigenvalue weighted by atomic mass is 10.3. The van der Waals surface area contributed by atoms with Crippen molar-refractivity contribution in [1.82, 2.24) is 0 Å². The molecule has 0 N–H and O–H groups in total. The molecule has 0 amide bonds. The summed E-state index contributed by atoms with van der Waals surface area (Å²) in [6.45, 7) is 1.51. The summed E-state index contributed by atoms with van der Waals surface area (Å²) in [5.41, 5.74) is 0.